The Hall–Kier alpha value is -5.64. The highest BCUT2D eigenvalue weighted by molar-refractivity contribution is 7.88. The second-order valence-corrected chi connectivity index (χ2v) is 13.0. The van der Waals surface area contributed by atoms with E-state index >= 15 is 4.39 Å². The van der Waals surface area contributed by atoms with Crippen molar-refractivity contribution in [2.24, 2.45) is 0 Å². The maximum Gasteiger partial charge on any atom is 0.209 e. The second kappa shape index (κ2) is 12.5. The van der Waals surface area contributed by atoms with Gasteiger partial charge >= 0.3 is 0 Å². The van der Waals surface area contributed by atoms with Crippen molar-refractivity contribution >= 4 is 37.8 Å². The fourth-order valence-corrected chi connectivity index (χ4v) is 5.89. The van der Waals surface area contributed by atoms with Gasteiger partial charge in [0, 0.05) is 36.5 Å². The molecule has 0 radical (unpaired) electrons. The van der Waals surface area contributed by atoms with E-state index in [1.54, 1.807) is 18.2 Å². The topological polar surface area (TPSA) is 174 Å². The number of imidazole rings is 1. The number of aliphatic hydroxyl groups is 1. The number of pyridine rings is 3. The molecule has 0 spiro atoms. The van der Waals surface area contributed by atoms with Gasteiger partial charge in [0.05, 0.1) is 40.8 Å². The number of aromatic amines is 2. The average Bonchev–Trinajstić information content (AvgIpc) is 3.69. The molecular weight excluding hydrogens is 640 g/mol. The SMILES string of the molecule is CS(=O)(=O)NCc1cc(F)cc(-c2ccnc3nc(-c4n[nH]c5cnc(-c6cncc(NC(O)Cc7ccccc7)c6)c(F)c45)[nH]c23)c1. The van der Waals surface area contributed by atoms with Crippen molar-refractivity contribution in [3.63, 3.8) is 0 Å². The summed E-state index contributed by atoms with van der Waals surface area (Å²) in [4.78, 5) is 20.6. The Labute approximate surface area is 272 Å². The first-order valence-corrected chi connectivity index (χ1v) is 16.6. The summed E-state index contributed by atoms with van der Waals surface area (Å²) >= 11 is 0. The van der Waals surface area contributed by atoms with Crippen molar-refractivity contribution in [1.29, 1.82) is 0 Å². The van der Waals surface area contributed by atoms with Gasteiger partial charge in [-0.15, -0.1) is 0 Å². The minimum atomic E-state index is -3.49. The van der Waals surface area contributed by atoms with Crippen LogP contribution in [0.5, 0.6) is 0 Å². The van der Waals surface area contributed by atoms with Gasteiger partial charge in [-0.2, -0.15) is 5.10 Å². The molecule has 0 saturated carbocycles. The molecule has 0 aliphatic heterocycles. The summed E-state index contributed by atoms with van der Waals surface area (Å²) in [6.45, 7) is -0.0935. The number of nitrogens with zero attached hydrogens (tertiary/aromatic N) is 5. The van der Waals surface area contributed by atoms with Crippen molar-refractivity contribution in [2.45, 2.75) is 19.2 Å². The number of sulfonamides is 1. The summed E-state index contributed by atoms with van der Waals surface area (Å²) in [5.74, 6) is -1.01. The number of halogens is 2. The van der Waals surface area contributed by atoms with E-state index in [0.29, 0.717) is 45.4 Å². The maximum atomic E-state index is 16.3. The second-order valence-electron chi connectivity index (χ2n) is 11.2. The molecule has 1 atom stereocenters. The van der Waals surface area contributed by atoms with Crippen molar-refractivity contribution in [2.75, 3.05) is 11.6 Å². The number of benzene rings is 2. The average molecular weight is 668 g/mol. The van der Waals surface area contributed by atoms with Crippen LogP contribution in [0.15, 0.2) is 85.5 Å². The van der Waals surface area contributed by atoms with Crippen LogP contribution in [0.2, 0.25) is 0 Å². The molecule has 0 aliphatic carbocycles. The Morgan fingerprint density at radius 2 is 1.77 bits per heavy atom. The Morgan fingerprint density at radius 1 is 0.938 bits per heavy atom. The lowest BCUT2D eigenvalue weighted by atomic mass is 10.0. The zero-order valence-corrected chi connectivity index (χ0v) is 26.1. The number of nitrogens with one attached hydrogen (secondary N) is 4. The molecule has 0 aliphatic rings. The third-order valence-corrected chi connectivity index (χ3v) is 8.25. The molecule has 0 bridgehead atoms. The zero-order chi connectivity index (χ0) is 33.4. The lowest BCUT2D eigenvalue weighted by molar-refractivity contribution is 0.204. The predicted molar refractivity (Wildman–Crippen MR) is 177 cm³/mol. The Kier molecular flexibility index (Phi) is 8.08. The fraction of sp³-hybridized carbons (Fsp3) is 0.121. The van der Waals surface area contributed by atoms with E-state index in [9.17, 15) is 17.9 Å². The van der Waals surface area contributed by atoms with Gasteiger partial charge < -0.3 is 15.4 Å². The molecule has 242 valence electrons. The van der Waals surface area contributed by atoms with Gasteiger partial charge in [0.25, 0.3) is 0 Å². The first-order valence-electron chi connectivity index (χ1n) is 14.7. The maximum absolute atomic E-state index is 16.3. The molecule has 5 N–H and O–H groups in total. The van der Waals surface area contributed by atoms with Crippen molar-refractivity contribution in [3.8, 4) is 33.9 Å². The van der Waals surface area contributed by atoms with Crippen LogP contribution in [0.3, 0.4) is 0 Å². The van der Waals surface area contributed by atoms with Gasteiger partial charge in [0.15, 0.2) is 17.3 Å². The number of rotatable bonds is 10. The van der Waals surface area contributed by atoms with Gasteiger partial charge in [-0.25, -0.2) is 31.9 Å². The van der Waals surface area contributed by atoms with Crippen LogP contribution in [0.4, 0.5) is 14.5 Å². The molecule has 0 saturated heterocycles. The van der Waals surface area contributed by atoms with Gasteiger partial charge in [0.1, 0.15) is 23.4 Å². The molecule has 15 heteroatoms. The number of fused-ring (bicyclic) bond motifs is 2. The number of hydrogen-bond acceptors (Lipinski definition) is 9. The quantitative estimate of drug-likeness (QED) is 0.127. The lowest BCUT2D eigenvalue weighted by Crippen LogP contribution is -2.21. The van der Waals surface area contributed by atoms with Crippen LogP contribution >= 0.6 is 0 Å². The monoisotopic (exact) mass is 667 g/mol. The number of anilines is 1. The van der Waals surface area contributed by atoms with E-state index < -0.39 is 27.9 Å². The molecule has 0 fully saturated rings. The summed E-state index contributed by atoms with van der Waals surface area (Å²) in [7, 11) is -3.49. The van der Waals surface area contributed by atoms with Crippen LogP contribution in [-0.2, 0) is 23.0 Å². The molecule has 12 nitrogen and oxygen atoms in total. The molecule has 0 amide bonds. The Balaban J connectivity index is 1.22. The molecule has 7 rings (SSSR count). The molecular formula is C33H27F2N9O3S. The highest BCUT2D eigenvalue weighted by atomic mass is 32.2. The van der Waals surface area contributed by atoms with Crippen molar-refractivity contribution in [1.82, 2.24) is 39.8 Å². The predicted octanol–water partition coefficient (Wildman–Crippen LogP) is 4.93. The van der Waals surface area contributed by atoms with Gasteiger partial charge in [-0.05, 0) is 47.0 Å². The van der Waals surface area contributed by atoms with Gasteiger partial charge in [-0.3, -0.25) is 15.1 Å². The van der Waals surface area contributed by atoms with E-state index in [4.69, 9.17) is 0 Å². The lowest BCUT2D eigenvalue weighted by Gasteiger charge is -2.15. The van der Waals surface area contributed by atoms with Crippen LogP contribution in [0, 0.1) is 11.6 Å². The van der Waals surface area contributed by atoms with Crippen LogP contribution in [0.25, 0.3) is 56.0 Å². The summed E-state index contributed by atoms with van der Waals surface area (Å²) in [5.41, 5.74) is 4.47. The standard InChI is InChI=1S/C33H27F2N9O3S/c1-48(46,47)39-14-19-9-20(12-22(34)10-19)24-7-8-37-32-30(24)41-33(42-32)31-27-25(43-44-31)17-38-29(28(27)35)21-13-23(16-36-15-21)40-26(45)11-18-5-3-2-4-6-18/h2-10,12-13,15-17,26,39-40,45H,11,14H2,1H3,(H,43,44)(H,37,41,42). The van der Waals surface area contributed by atoms with Crippen molar-refractivity contribution in [3.05, 3.63) is 108 Å². The summed E-state index contributed by atoms with van der Waals surface area (Å²) in [6.07, 6.45) is 6.45. The first-order chi connectivity index (χ1) is 23.1. The Morgan fingerprint density at radius 3 is 2.58 bits per heavy atom. The summed E-state index contributed by atoms with van der Waals surface area (Å²) < 4.78 is 56.5. The van der Waals surface area contributed by atoms with Crippen LogP contribution < -0.4 is 10.0 Å². The van der Waals surface area contributed by atoms with Gasteiger partial charge in [-0.1, -0.05) is 30.3 Å². The third-order valence-electron chi connectivity index (χ3n) is 7.58. The zero-order valence-electron chi connectivity index (χ0n) is 25.2. The highest BCUT2D eigenvalue weighted by Crippen LogP contribution is 2.34. The Bertz CT molecular complexity index is 2400. The molecule has 48 heavy (non-hydrogen) atoms. The molecule has 2 aromatic carbocycles. The highest BCUT2D eigenvalue weighted by Gasteiger charge is 2.22. The number of H-pyrrole nitrogens is 2. The van der Waals surface area contributed by atoms with Crippen LogP contribution in [0.1, 0.15) is 11.1 Å². The fourth-order valence-electron chi connectivity index (χ4n) is 5.46. The van der Waals surface area contributed by atoms with Crippen molar-refractivity contribution < 1.29 is 22.3 Å². The molecule has 7 aromatic rings. The van der Waals surface area contributed by atoms with E-state index in [1.807, 2.05) is 30.3 Å². The summed E-state index contributed by atoms with van der Waals surface area (Å²) in [6, 6.07) is 17.1. The first kappa shape index (κ1) is 31.0. The number of hydrogen-bond donors (Lipinski definition) is 5. The van der Waals surface area contributed by atoms with E-state index in [-0.39, 0.29) is 34.8 Å². The van der Waals surface area contributed by atoms with E-state index in [1.165, 1.54) is 36.9 Å². The van der Waals surface area contributed by atoms with E-state index in [0.717, 1.165) is 11.8 Å². The minimum Gasteiger partial charge on any atom is -0.373 e. The largest absolute Gasteiger partial charge is 0.373 e. The third kappa shape index (κ3) is 6.46. The molecule has 5 heterocycles. The van der Waals surface area contributed by atoms with E-state index in [2.05, 4.69) is 45.2 Å². The number of aliphatic hydroxyl groups excluding tert-OH is 1. The minimum absolute atomic E-state index is 0.0174. The molecule has 1 unspecified atom stereocenters. The number of aromatic nitrogens is 7. The van der Waals surface area contributed by atoms with Crippen LogP contribution in [-0.4, -0.2) is 61.1 Å². The smallest absolute Gasteiger partial charge is 0.209 e. The van der Waals surface area contributed by atoms with Gasteiger partial charge in [0.2, 0.25) is 10.0 Å². The normalized spacial score (nSPS) is 12.5. The molecule has 5 aromatic heterocycles. The summed E-state index contributed by atoms with van der Waals surface area (Å²) in [5, 5.41) is 20.8.